The fraction of sp³-hybridized carbons (Fsp3) is 0.556. The molecule has 0 atom stereocenters. The molecule has 2 heterocycles. The van der Waals surface area contributed by atoms with Gasteiger partial charge in [0.15, 0.2) is 10.3 Å². The molecule has 14 heavy (non-hydrogen) atoms. The maximum atomic E-state index is 5.98. The van der Waals surface area contributed by atoms with Gasteiger partial charge in [0, 0.05) is 17.5 Å². The van der Waals surface area contributed by atoms with Crippen LogP contribution in [0.3, 0.4) is 0 Å². The lowest BCUT2D eigenvalue weighted by molar-refractivity contribution is 0.00782. The summed E-state index contributed by atoms with van der Waals surface area (Å²) in [6, 6.07) is 0. The first-order valence-electron chi connectivity index (χ1n) is 4.54. The third-order valence-electron chi connectivity index (χ3n) is 2.92. The third kappa shape index (κ3) is 1.23. The van der Waals surface area contributed by atoms with Gasteiger partial charge in [-0.25, -0.2) is 0 Å². The minimum atomic E-state index is 0.0446. The van der Waals surface area contributed by atoms with E-state index in [1.165, 1.54) is 0 Å². The molecular weight excluding hydrogens is 223 g/mol. The highest BCUT2D eigenvalue weighted by Crippen LogP contribution is 2.48. The molecule has 1 saturated carbocycles. The minimum Gasteiger partial charge on any atom is -0.370 e. The van der Waals surface area contributed by atoms with Crippen LogP contribution in [0.1, 0.15) is 24.0 Å². The lowest BCUT2D eigenvalue weighted by atomic mass is 10.0. The molecule has 1 aliphatic carbocycles. The van der Waals surface area contributed by atoms with E-state index in [0.717, 1.165) is 30.4 Å². The second-order valence-electron chi connectivity index (χ2n) is 3.89. The number of halogens is 2. The van der Waals surface area contributed by atoms with Gasteiger partial charge in [0.25, 0.3) is 0 Å². The molecule has 1 aliphatic heterocycles. The van der Waals surface area contributed by atoms with Crippen LogP contribution in [-0.4, -0.2) is 15.8 Å². The Morgan fingerprint density at radius 1 is 1.07 bits per heavy atom. The molecule has 74 valence electrons. The van der Waals surface area contributed by atoms with Crippen molar-refractivity contribution in [2.45, 2.75) is 31.5 Å². The summed E-state index contributed by atoms with van der Waals surface area (Å²) in [5, 5.41) is 8.46. The third-order valence-corrected chi connectivity index (χ3v) is 3.52. The van der Waals surface area contributed by atoms with Crippen LogP contribution in [0.5, 0.6) is 0 Å². The Morgan fingerprint density at radius 3 is 2.36 bits per heavy atom. The number of ether oxygens (including phenoxy) is 1. The maximum Gasteiger partial charge on any atom is 0.157 e. The Kier molecular flexibility index (Phi) is 1.79. The molecule has 1 fully saturated rings. The van der Waals surface area contributed by atoms with Crippen molar-refractivity contribution in [2.24, 2.45) is 0 Å². The van der Waals surface area contributed by atoms with Crippen molar-refractivity contribution in [2.75, 3.05) is 0 Å². The summed E-state index contributed by atoms with van der Waals surface area (Å²) in [5.74, 6) is 0. The molecule has 3 nitrogen and oxygen atoms in total. The zero-order chi connectivity index (χ0) is 9.76. The van der Waals surface area contributed by atoms with Gasteiger partial charge >= 0.3 is 0 Å². The zero-order valence-corrected chi connectivity index (χ0v) is 8.90. The zero-order valence-electron chi connectivity index (χ0n) is 7.39. The van der Waals surface area contributed by atoms with Crippen LogP contribution in [0.4, 0.5) is 0 Å². The predicted molar refractivity (Wildman–Crippen MR) is 52.5 cm³/mol. The van der Waals surface area contributed by atoms with E-state index in [2.05, 4.69) is 10.2 Å². The molecule has 0 unspecified atom stereocenters. The molecule has 0 amide bonds. The van der Waals surface area contributed by atoms with Crippen LogP contribution in [-0.2, 0) is 17.8 Å². The Hall–Kier alpha value is -0.380. The topological polar surface area (TPSA) is 35.0 Å². The average molecular weight is 231 g/mol. The Balaban J connectivity index is 2.10. The van der Waals surface area contributed by atoms with Crippen molar-refractivity contribution in [3.8, 4) is 0 Å². The molecule has 0 bridgehead atoms. The molecule has 3 rings (SSSR count). The number of nitrogens with zero attached hydrogens (tertiary/aromatic N) is 2. The highest BCUT2D eigenvalue weighted by Gasteiger charge is 2.47. The van der Waals surface area contributed by atoms with E-state index in [1.54, 1.807) is 0 Å². The van der Waals surface area contributed by atoms with Gasteiger partial charge in [-0.2, -0.15) is 0 Å². The van der Waals surface area contributed by atoms with Crippen molar-refractivity contribution in [3.63, 3.8) is 0 Å². The number of hydrogen-bond donors (Lipinski definition) is 0. The molecule has 0 aromatic carbocycles. The normalized spacial score (nSPS) is 22.1. The summed E-state index contributed by atoms with van der Waals surface area (Å²) in [6.07, 6.45) is 3.06. The van der Waals surface area contributed by atoms with Crippen LogP contribution < -0.4 is 0 Å². The van der Waals surface area contributed by atoms with E-state index >= 15 is 0 Å². The predicted octanol–water partition coefficient (Wildman–Crippen LogP) is 2.39. The first kappa shape index (κ1) is 8.89. The van der Waals surface area contributed by atoms with Crippen LogP contribution in [0, 0.1) is 0 Å². The Bertz CT molecular complexity index is 404. The van der Waals surface area contributed by atoms with Gasteiger partial charge in [0.1, 0.15) is 0 Å². The van der Waals surface area contributed by atoms with Gasteiger partial charge < -0.3 is 4.74 Å². The number of fused-ring (bicyclic) bond motifs is 1. The summed E-state index contributed by atoms with van der Waals surface area (Å²) in [7, 11) is 0. The fourth-order valence-corrected chi connectivity index (χ4v) is 2.27. The van der Waals surface area contributed by atoms with E-state index in [4.69, 9.17) is 27.9 Å². The Morgan fingerprint density at radius 2 is 1.71 bits per heavy atom. The first-order valence-corrected chi connectivity index (χ1v) is 5.29. The molecule has 2 aliphatic rings. The number of rotatable bonds is 0. The second-order valence-corrected chi connectivity index (χ2v) is 4.60. The van der Waals surface area contributed by atoms with Gasteiger partial charge in [0.2, 0.25) is 0 Å². The van der Waals surface area contributed by atoms with Crippen molar-refractivity contribution < 1.29 is 4.74 Å². The first-order chi connectivity index (χ1) is 6.70. The quantitative estimate of drug-likeness (QED) is 0.687. The van der Waals surface area contributed by atoms with E-state index in [0.29, 0.717) is 16.9 Å². The second kappa shape index (κ2) is 2.81. The fourth-order valence-electron chi connectivity index (χ4n) is 1.84. The molecule has 1 aromatic heterocycles. The van der Waals surface area contributed by atoms with Crippen LogP contribution in [0.15, 0.2) is 0 Å². The smallest absolute Gasteiger partial charge is 0.157 e. The van der Waals surface area contributed by atoms with Crippen LogP contribution in [0.25, 0.3) is 0 Å². The highest BCUT2D eigenvalue weighted by atomic mass is 35.5. The Labute approximate surface area is 91.4 Å². The summed E-state index contributed by atoms with van der Waals surface area (Å²) in [4.78, 5) is 0. The van der Waals surface area contributed by atoms with E-state index in [1.807, 2.05) is 0 Å². The summed E-state index contributed by atoms with van der Waals surface area (Å²) >= 11 is 11.9. The lowest BCUT2D eigenvalue weighted by Gasteiger charge is -2.25. The minimum absolute atomic E-state index is 0.0446. The highest BCUT2D eigenvalue weighted by molar-refractivity contribution is 6.32. The van der Waals surface area contributed by atoms with E-state index in [9.17, 15) is 0 Å². The van der Waals surface area contributed by atoms with Crippen LogP contribution >= 0.6 is 23.2 Å². The molecule has 1 aromatic rings. The standard InChI is InChI=1S/C9H8Cl2N2O/c10-7-5-3-9(1-2-9)14-4-6(5)8(11)13-12-7/h1-4H2. The summed E-state index contributed by atoms with van der Waals surface area (Å²) in [5.41, 5.74) is 1.97. The molecule has 0 radical (unpaired) electrons. The van der Waals surface area contributed by atoms with Gasteiger partial charge in [-0.1, -0.05) is 23.2 Å². The molecule has 0 saturated heterocycles. The molecule has 5 heteroatoms. The van der Waals surface area contributed by atoms with Crippen molar-refractivity contribution in [3.05, 3.63) is 21.4 Å². The van der Waals surface area contributed by atoms with Gasteiger partial charge in [-0.3, -0.25) is 0 Å². The average Bonchev–Trinajstić information content (AvgIpc) is 2.92. The number of hydrogen-bond acceptors (Lipinski definition) is 3. The lowest BCUT2D eigenvalue weighted by Crippen LogP contribution is -2.25. The van der Waals surface area contributed by atoms with Crippen molar-refractivity contribution in [1.29, 1.82) is 0 Å². The molecule has 0 N–H and O–H groups in total. The molecular formula is C9H8Cl2N2O. The number of aromatic nitrogens is 2. The van der Waals surface area contributed by atoms with Crippen LogP contribution in [0.2, 0.25) is 10.3 Å². The van der Waals surface area contributed by atoms with Gasteiger partial charge in [-0.15, -0.1) is 10.2 Å². The summed E-state index contributed by atoms with van der Waals surface area (Å²) < 4.78 is 5.73. The van der Waals surface area contributed by atoms with Gasteiger partial charge in [0.05, 0.1) is 12.2 Å². The van der Waals surface area contributed by atoms with Crippen molar-refractivity contribution in [1.82, 2.24) is 10.2 Å². The summed E-state index contributed by atoms with van der Waals surface area (Å²) in [6.45, 7) is 0.517. The SMILES string of the molecule is Clc1nnc(Cl)c2c1COC1(CC1)C2. The van der Waals surface area contributed by atoms with E-state index in [-0.39, 0.29) is 5.60 Å². The van der Waals surface area contributed by atoms with Gasteiger partial charge in [-0.05, 0) is 12.8 Å². The monoisotopic (exact) mass is 230 g/mol. The largest absolute Gasteiger partial charge is 0.370 e. The maximum absolute atomic E-state index is 5.98. The van der Waals surface area contributed by atoms with E-state index < -0.39 is 0 Å². The molecule has 1 spiro atoms. The van der Waals surface area contributed by atoms with Crippen molar-refractivity contribution >= 4 is 23.2 Å².